The van der Waals surface area contributed by atoms with Gasteiger partial charge in [-0.2, -0.15) is 0 Å². The molecule has 1 aliphatic rings. The van der Waals surface area contributed by atoms with E-state index in [4.69, 9.17) is 15.2 Å². The minimum absolute atomic E-state index is 0.113. The summed E-state index contributed by atoms with van der Waals surface area (Å²) in [5.41, 5.74) is 6.59. The van der Waals surface area contributed by atoms with Gasteiger partial charge >= 0.3 is 0 Å². The van der Waals surface area contributed by atoms with Crippen LogP contribution in [0.15, 0.2) is 12.1 Å². The second kappa shape index (κ2) is 4.53. The molecule has 2 N–H and O–H groups in total. The van der Waals surface area contributed by atoms with Crippen molar-refractivity contribution >= 4 is 0 Å². The topological polar surface area (TPSA) is 44.5 Å². The molecule has 1 fully saturated rings. The van der Waals surface area contributed by atoms with E-state index in [-0.39, 0.29) is 17.0 Å². The van der Waals surface area contributed by atoms with Gasteiger partial charge in [0.05, 0.1) is 14.2 Å². The van der Waals surface area contributed by atoms with E-state index in [2.05, 4.69) is 0 Å². The van der Waals surface area contributed by atoms with Gasteiger partial charge in [0.2, 0.25) is 0 Å². The number of hydrogen-bond acceptors (Lipinski definition) is 3. The summed E-state index contributed by atoms with van der Waals surface area (Å²) in [5, 5.41) is 0. The van der Waals surface area contributed by atoms with Crippen molar-refractivity contribution < 1.29 is 13.9 Å². The predicted octanol–water partition coefficient (Wildman–Crippen LogP) is 2.22. The van der Waals surface area contributed by atoms with Gasteiger partial charge in [-0.1, -0.05) is 6.42 Å². The highest BCUT2D eigenvalue weighted by atomic mass is 19.1. The van der Waals surface area contributed by atoms with Crippen molar-refractivity contribution in [1.29, 1.82) is 0 Å². The zero-order chi connectivity index (χ0) is 12.5. The van der Waals surface area contributed by atoms with E-state index in [1.54, 1.807) is 13.2 Å². The van der Waals surface area contributed by atoms with Gasteiger partial charge in [0.15, 0.2) is 11.6 Å². The summed E-state index contributed by atoms with van der Waals surface area (Å²) in [5.74, 6) is 0.508. The third-order valence-corrected chi connectivity index (χ3v) is 3.75. The van der Waals surface area contributed by atoms with Gasteiger partial charge in [-0.25, -0.2) is 4.39 Å². The molecule has 0 aromatic heterocycles. The quantitative estimate of drug-likeness (QED) is 0.876. The lowest BCUT2D eigenvalue weighted by Gasteiger charge is -2.42. The fourth-order valence-corrected chi connectivity index (χ4v) is 2.46. The number of methoxy groups -OCH3 is 2. The molecule has 0 unspecified atom stereocenters. The zero-order valence-corrected chi connectivity index (χ0v) is 10.3. The van der Waals surface area contributed by atoms with E-state index < -0.39 is 0 Å². The monoisotopic (exact) mass is 239 g/mol. The molecule has 0 atom stereocenters. The first-order valence-electron chi connectivity index (χ1n) is 5.79. The van der Waals surface area contributed by atoms with Crippen molar-refractivity contribution in [1.82, 2.24) is 0 Å². The van der Waals surface area contributed by atoms with Crippen molar-refractivity contribution in [3.63, 3.8) is 0 Å². The number of halogens is 1. The Bertz CT molecular complexity index is 411. The molecule has 0 amide bonds. The Morgan fingerprint density at radius 1 is 1.24 bits per heavy atom. The van der Waals surface area contributed by atoms with Crippen LogP contribution in [0.3, 0.4) is 0 Å². The molecule has 0 saturated heterocycles. The van der Waals surface area contributed by atoms with Crippen molar-refractivity contribution in [3.05, 3.63) is 23.5 Å². The minimum Gasteiger partial charge on any atom is -0.496 e. The van der Waals surface area contributed by atoms with Crippen molar-refractivity contribution in [2.75, 3.05) is 20.8 Å². The van der Waals surface area contributed by atoms with E-state index in [1.165, 1.54) is 13.2 Å². The van der Waals surface area contributed by atoms with Gasteiger partial charge in [0, 0.05) is 23.6 Å². The molecule has 0 aliphatic heterocycles. The summed E-state index contributed by atoms with van der Waals surface area (Å²) in [7, 11) is 3.03. The molecule has 17 heavy (non-hydrogen) atoms. The largest absolute Gasteiger partial charge is 0.496 e. The first-order valence-corrected chi connectivity index (χ1v) is 5.79. The van der Waals surface area contributed by atoms with Gasteiger partial charge < -0.3 is 15.2 Å². The molecular weight excluding hydrogens is 221 g/mol. The number of rotatable bonds is 4. The molecule has 94 valence electrons. The number of benzene rings is 1. The minimum atomic E-state index is -0.358. The van der Waals surface area contributed by atoms with Crippen LogP contribution in [0.2, 0.25) is 0 Å². The molecule has 0 radical (unpaired) electrons. The Labute approximate surface area is 101 Å². The van der Waals surface area contributed by atoms with Crippen LogP contribution in [0, 0.1) is 5.82 Å². The fourth-order valence-electron chi connectivity index (χ4n) is 2.46. The van der Waals surface area contributed by atoms with Crippen molar-refractivity contribution in [2.45, 2.75) is 24.7 Å². The lowest BCUT2D eigenvalue weighted by molar-refractivity contribution is 0.241. The second-order valence-corrected chi connectivity index (χ2v) is 4.53. The molecule has 0 bridgehead atoms. The molecule has 2 rings (SSSR count). The normalized spacial score (nSPS) is 17.4. The van der Waals surface area contributed by atoms with Gasteiger partial charge in [0.25, 0.3) is 0 Å². The smallest absolute Gasteiger partial charge is 0.165 e. The van der Waals surface area contributed by atoms with Crippen LogP contribution in [0.5, 0.6) is 11.5 Å². The zero-order valence-electron chi connectivity index (χ0n) is 10.3. The Hall–Kier alpha value is -1.29. The van der Waals surface area contributed by atoms with Crippen LogP contribution in [0.1, 0.15) is 24.8 Å². The van der Waals surface area contributed by atoms with E-state index in [0.29, 0.717) is 12.3 Å². The van der Waals surface area contributed by atoms with Crippen LogP contribution in [-0.4, -0.2) is 20.8 Å². The summed E-state index contributed by atoms with van der Waals surface area (Å²) in [4.78, 5) is 0. The van der Waals surface area contributed by atoms with E-state index in [1.807, 2.05) is 0 Å². The highest BCUT2D eigenvalue weighted by Crippen LogP contribution is 2.47. The van der Waals surface area contributed by atoms with E-state index in [0.717, 1.165) is 24.8 Å². The van der Waals surface area contributed by atoms with Crippen LogP contribution in [-0.2, 0) is 5.41 Å². The summed E-state index contributed by atoms with van der Waals surface area (Å²) >= 11 is 0. The molecule has 1 aromatic rings. The van der Waals surface area contributed by atoms with Gasteiger partial charge in [0.1, 0.15) is 5.75 Å². The maximum absolute atomic E-state index is 13.8. The Morgan fingerprint density at radius 2 is 1.88 bits per heavy atom. The Kier molecular flexibility index (Phi) is 3.24. The molecule has 3 nitrogen and oxygen atoms in total. The van der Waals surface area contributed by atoms with Crippen LogP contribution in [0.25, 0.3) is 0 Å². The lowest BCUT2D eigenvalue weighted by atomic mass is 9.64. The second-order valence-electron chi connectivity index (χ2n) is 4.53. The molecule has 4 heteroatoms. The lowest BCUT2D eigenvalue weighted by Crippen LogP contribution is -2.41. The first-order chi connectivity index (χ1) is 8.16. The number of hydrogen-bond donors (Lipinski definition) is 1. The summed E-state index contributed by atoms with van der Waals surface area (Å²) in [6.07, 6.45) is 3.12. The summed E-state index contributed by atoms with van der Waals surface area (Å²) in [6.45, 7) is 0.523. The Morgan fingerprint density at radius 3 is 2.29 bits per heavy atom. The fraction of sp³-hybridized carbons (Fsp3) is 0.538. The molecule has 1 saturated carbocycles. The highest BCUT2D eigenvalue weighted by Gasteiger charge is 2.40. The standard InChI is InChI=1S/C13H18FNO2/c1-16-11-7-12(17-2)10(14)6-9(11)13(8-15)4-3-5-13/h6-7H,3-5,8,15H2,1-2H3. The van der Waals surface area contributed by atoms with Crippen LogP contribution >= 0.6 is 0 Å². The molecule has 1 aliphatic carbocycles. The average molecular weight is 239 g/mol. The average Bonchev–Trinajstić information content (AvgIpc) is 2.29. The molecular formula is C13H18FNO2. The molecule has 0 spiro atoms. The van der Waals surface area contributed by atoms with Gasteiger partial charge in [-0.3, -0.25) is 0 Å². The number of ether oxygens (including phenoxy) is 2. The highest BCUT2D eigenvalue weighted by molar-refractivity contribution is 5.47. The third kappa shape index (κ3) is 1.86. The number of nitrogens with two attached hydrogens (primary N) is 1. The van der Waals surface area contributed by atoms with Crippen molar-refractivity contribution in [3.8, 4) is 11.5 Å². The van der Waals surface area contributed by atoms with Crippen LogP contribution < -0.4 is 15.2 Å². The van der Waals surface area contributed by atoms with Crippen molar-refractivity contribution in [2.24, 2.45) is 5.73 Å². The van der Waals surface area contributed by atoms with Gasteiger partial charge in [-0.05, 0) is 18.9 Å². The van der Waals surface area contributed by atoms with Crippen LogP contribution in [0.4, 0.5) is 4.39 Å². The SMILES string of the molecule is COc1cc(OC)c(C2(CN)CCC2)cc1F. The summed E-state index contributed by atoms with van der Waals surface area (Å²) in [6, 6.07) is 3.10. The third-order valence-electron chi connectivity index (χ3n) is 3.75. The maximum atomic E-state index is 13.8. The molecule has 1 aromatic carbocycles. The summed E-state index contributed by atoms with van der Waals surface area (Å²) < 4.78 is 24.1. The van der Waals surface area contributed by atoms with E-state index in [9.17, 15) is 4.39 Å². The Balaban J connectivity index is 2.49. The van der Waals surface area contributed by atoms with E-state index >= 15 is 0 Å². The predicted molar refractivity (Wildman–Crippen MR) is 64.1 cm³/mol. The van der Waals surface area contributed by atoms with Gasteiger partial charge in [-0.15, -0.1) is 0 Å². The molecule has 0 heterocycles. The maximum Gasteiger partial charge on any atom is 0.165 e. The first kappa shape index (κ1) is 12.2.